The van der Waals surface area contributed by atoms with Crippen molar-refractivity contribution in [2.75, 3.05) is 26.3 Å². The number of carbonyl (C=O) groups excluding carboxylic acids is 1. The van der Waals surface area contributed by atoms with Crippen LogP contribution in [0.5, 0.6) is 0 Å². The summed E-state index contributed by atoms with van der Waals surface area (Å²) < 4.78 is 43.6. The van der Waals surface area contributed by atoms with Crippen molar-refractivity contribution in [3.05, 3.63) is 33.8 Å². The summed E-state index contributed by atoms with van der Waals surface area (Å²) in [6.07, 6.45) is -4.48. The molecule has 0 bridgehead atoms. The number of amides is 1. The van der Waals surface area contributed by atoms with Gasteiger partial charge in [-0.3, -0.25) is 4.79 Å². The molecule has 8 heteroatoms. The SMILES string of the molecule is O=C(NCC1COCCN1)c1cc(C(F)(F)F)ccc1Br. The second kappa shape index (κ2) is 6.76. The van der Waals surface area contributed by atoms with Gasteiger partial charge < -0.3 is 15.4 Å². The van der Waals surface area contributed by atoms with Crippen molar-refractivity contribution in [3.8, 4) is 0 Å². The number of alkyl halides is 3. The van der Waals surface area contributed by atoms with Gasteiger partial charge in [-0.2, -0.15) is 13.2 Å². The van der Waals surface area contributed by atoms with Crippen LogP contribution in [-0.2, 0) is 10.9 Å². The highest BCUT2D eigenvalue weighted by Crippen LogP contribution is 2.31. The van der Waals surface area contributed by atoms with Gasteiger partial charge in [0.1, 0.15) is 0 Å². The lowest BCUT2D eigenvalue weighted by atomic mass is 10.1. The largest absolute Gasteiger partial charge is 0.416 e. The van der Waals surface area contributed by atoms with E-state index in [1.165, 1.54) is 6.07 Å². The fourth-order valence-corrected chi connectivity index (χ4v) is 2.36. The van der Waals surface area contributed by atoms with E-state index in [2.05, 4.69) is 26.6 Å². The van der Waals surface area contributed by atoms with E-state index >= 15 is 0 Å². The first-order valence-electron chi connectivity index (χ1n) is 6.34. The molecule has 0 radical (unpaired) electrons. The maximum Gasteiger partial charge on any atom is 0.416 e. The molecule has 1 aliphatic rings. The molecule has 0 saturated carbocycles. The smallest absolute Gasteiger partial charge is 0.378 e. The molecule has 1 saturated heterocycles. The fourth-order valence-electron chi connectivity index (χ4n) is 1.94. The van der Waals surface area contributed by atoms with Crippen LogP contribution in [0.2, 0.25) is 0 Å². The summed E-state index contributed by atoms with van der Waals surface area (Å²) in [5.41, 5.74) is -0.892. The van der Waals surface area contributed by atoms with E-state index in [1.807, 2.05) is 0 Å². The Morgan fingerprint density at radius 1 is 1.48 bits per heavy atom. The van der Waals surface area contributed by atoms with Crippen molar-refractivity contribution in [1.29, 1.82) is 0 Å². The highest BCUT2D eigenvalue weighted by Gasteiger charge is 2.31. The minimum Gasteiger partial charge on any atom is -0.378 e. The Kier molecular flexibility index (Phi) is 5.23. The number of hydrogen-bond acceptors (Lipinski definition) is 3. The van der Waals surface area contributed by atoms with Crippen LogP contribution in [-0.4, -0.2) is 38.3 Å². The van der Waals surface area contributed by atoms with Crippen molar-refractivity contribution >= 4 is 21.8 Å². The van der Waals surface area contributed by atoms with E-state index in [1.54, 1.807) is 0 Å². The first-order valence-corrected chi connectivity index (χ1v) is 7.13. The second-order valence-corrected chi connectivity index (χ2v) is 5.48. The van der Waals surface area contributed by atoms with Crippen molar-refractivity contribution in [3.63, 3.8) is 0 Å². The zero-order valence-electron chi connectivity index (χ0n) is 11.0. The van der Waals surface area contributed by atoms with Crippen molar-refractivity contribution in [1.82, 2.24) is 10.6 Å². The predicted octanol–water partition coefficient (Wildman–Crippen LogP) is 2.19. The number of benzene rings is 1. The van der Waals surface area contributed by atoms with Crippen LogP contribution in [0, 0.1) is 0 Å². The first kappa shape index (κ1) is 16.3. The van der Waals surface area contributed by atoms with E-state index in [9.17, 15) is 18.0 Å². The lowest BCUT2D eigenvalue weighted by Gasteiger charge is -2.24. The van der Waals surface area contributed by atoms with Crippen LogP contribution in [0.4, 0.5) is 13.2 Å². The third-order valence-corrected chi connectivity index (χ3v) is 3.74. The molecule has 0 aliphatic carbocycles. The summed E-state index contributed by atoms with van der Waals surface area (Å²) in [6, 6.07) is 2.95. The van der Waals surface area contributed by atoms with Gasteiger partial charge in [-0.1, -0.05) is 0 Å². The van der Waals surface area contributed by atoms with Crippen LogP contribution in [0.25, 0.3) is 0 Å². The van der Waals surface area contributed by atoms with Gasteiger partial charge in [0.2, 0.25) is 0 Å². The van der Waals surface area contributed by atoms with Crippen LogP contribution in [0.1, 0.15) is 15.9 Å². The lowest BCUT2D eigenvalue weighted by molar-refractivity contribution is -0.137. The molecule has 1 fully saturated rings. The summed E-state index contributed by atoms with van der Waals surface area (Å²) in [6.45, 7) is 2.06. The van der Waals surface area contributed by atoms with Gasteiger partial charge >= 0.3 is 6.18 Å². The van der Waals surface area contributed by atoms with Gasteiger partial charge in [-0.15, -0.1) is 0 Å². The third kappa shape index (κ3) is 4.42. The normalized spacial score (nSPS) is 19.3. The van der Waals surface area contributed by atoms with Gasteiger partial charge in [0.05, 0.1) is 24.3 Å². The summed E-state index contributed by atoms with van der Waals surface area (Å²) in [5.74, 6) is -0.555. The maximum absolute atomic E-state index is 12.7. The maximum atomic E-state index is 12.7. The molecule has 4 nitrogen and oxygen atoms in total. The number of ether oxygens (including phenoxy) is 1. The zero-order chi connectivity index (χ0) is 15.5. The van der Waals surface area contributed by atoms with E-state index in [-0.39, 0.29) is 11.6 Å². The van der Waals surface area contributed by atoms with Crippen molar-refractivity contribution in [2.45, 2.75) is 12.2 Å². The molecule has 0 aromatic heterocycles. The Morgan fingerprint density at radius 2 is 2.24 bits per heavy atom. The molecule has 21 heavy (non-hydrogen) atoms. The molecule has 1 atom stereocenters. The van der Waals surface area contributed by atoms with Crippen LogP contribution >= 0.6 is 15.9 Å². The Morgan fingerprint density at radius 3 is 2.86 bits per heavy atom. The van der Waals surface area contributed by atoms with E-state index in [0.29, 0.717) is 30.8 Å². The minimum absolute atomic E-state index is 0.0349. The number of carbonyl (C=O) groups is 1. The number of rotatable bonds is 3. The monoisotopic (exact) mass is 366 g/mol. The summed E-state index contributed by atoms with van der Waals surface area (Å²) >= 11 is 3.10. The highest BCUT2D eigenvalue weighted by molar-refractivity contribution is 9.10. The Bertz CT molecular complexity index is 517. The van der Waals surface area contributed by atoms with Gasteiger partial charge in [0, 0.05) is 23.6 Å². The zero-order valence-corrected chi connectivity index (χ0v) is 12.6. The van der Waals surface area contributed by atoms with Crippen molar-refractivity contribution < 1.29 is 22.7 Å². The Labute approximate surface area is 128 Å². The van der Waals surface area contributed by atoms with Crippen molar-refractivity contribution in [2.24, 2.45) is 0 Å². The van der Waals surface area contributed by atoms with E-state index < -0.39 is 17.6 Å². The molecule has 116 valence electrons. The molecule has 1 heterocycles. The highest BCUT2D eigenvalue weighted by atomic mass is 79.9. The topological polar surface area (TPSA) is 50.4 Å². The molecule has 1 aliphatic heterocycles. The molecule has 1 aromatic carbocycles. The number of nitrogens with one attached hydrogen (secondary N) is 2. The van der Waals surface area contributed by atoms with E-state index in [0.717, 1.165) is 12.1 Å². The quantitative estimate of drug-likeness (QED) is 0.861. The Balaban J connectivity index is 2.04. The van der Waals surface area contributed by atoms with E-state index in [4.69, 9.17) is 4.74 Å². The Hall–Kier alpha value is -1.12. The molecule has 2 rings (SSSR count). The number of morpholine rings is 1. The van der Waals surface area contributed by atoms with Gasteiger partial charge in [-0.05, 0) is 34.1 Å². The molecule has 0 spiro atoms. The van der Waals surface area contributed by atoms with Gasteiger partial charge in [0.15, 0.2) is 0 Å². The summed E-state index contributed by atoms with van der Waals surface area (Å²) in [7, 11) is 0. The average Bonchev–Trinajstić information content (AvgIpc) is 2.45. The van der Waals surface area contributed by atoms with Gasteiger partial charge in [-0.25, -0.2) is 0 Å². The number of halogens is 4. The first-order chi connectivity index (χ1) is 9.88. The third-order valence-electron chi connectivity index (χ3n) is 3.05. The standard InChI is InChI=1S/C13H14BrF3N2O2/c14-11-2-1-8(13(15,16)17)5-10(11)12(20)19-6-9-7-21-4-3-18-9/h1-2,5,9,18H,3-4,6-7H2,(H,19,20). The molecule has 1 unspecified atom stereocenters. The predicted molar refractivity (Wildman–Crippen MR) is 74.1 cm³/mol. The second-order valence-electron chi connectivity index (χ2n) is 4.63. The minimum atomic E-state index is -4.48. The summed E-state index contributed by atoms with van der Waals surface area (Å²) in [4.78, 5) is 12.0. The average molecular weight is 367 g/mol. The summed E-state index contributed by atoms with van der Waals surface area (Å²) in [5, 5.41) is 5.75. The molecular formula is C13H14BrF3N2O2. The van der Waals surface area contributed by atoms with Crippen LogP contribution < -0.4 is 10.6 Å². The van der Waals surface area contributed by atoms with Crippen LogP contribution in [0.15, 0.2) is 22.7 Å². The fraction of sp³-hybridized carbons (Fsp3) is 0.462. The number of hydrogen-bond donors (Lipinski definition) is 2. The molecule has 1 amide bonds. The van der Waals surface area contributed by atoms with Gasteiger partial charge in [0.25, 0.3) is 5.91 Å². The molecule has 1 aromatic rings. The molecule has 2 N–H and O–H groups in total. The molecular weight excluding hydrogens is 353 g/mol. The lowest BCUT2D eigenvalue weighted by Crippen LogP contribution is -2.48. The van der Waals surface area contributed by atoms with Crippen LogP contribution in [0.3, 0.4) is 0 Å².